The van der Waals surface area contributed by atoms with Crippen molar-refractivity contribution in [2.45, 2.75) is 31.6 Å². The van der Waals surface area contributed by atoms with E-state index in [9.17, 15) is 31.5 Å². The number of anilines is 1. The third-order valence-electron chi connectivity index (χ3n) is 5.86. The van der Waals surface area contributed by atoms with Crippen LogP contribution in [0.1, 0.15) is 28.8 Å². The van der Waals surface area contributed by atoms with Crippen molar-refractivity contribution in [1.82, 2.24) is 15.3 Å². The van der Waals surface area contributed by atoms with Gasteiger partial charge in [-0.3, -0.25) is 4.79 Å². The molecule has 1 amide bonds. The second kappa shape index (κ2) is 7.95. The smallest absolute Gasteiger partial charge is 0.369 e. The Morgan fingerprint density at radius 1 is 1.09 bits per heavy atom. The highest BCUT2D eigenvalue weighted by Crippen LogP contribution is 2.44. The monoisotopic (exact) mass is 454 g/mol. The number of hydrogen-bond donors (Lipinski definition) is 3. The molecule has 2 aromatic carbocycles. The number of rotatable bonds is 5. The molecule has 1 aliphatic rings. The minimum Gasteiger partial charge on any atom is -0.369 e. The Labute approximate surface area is 178 Å². The van der Waals surface area contributed by atoms with Crippen molar-refractivity contribution in [2.75, 3.05) is 11.9 Å². The van der Waals surface area contributed by atoms with Gasteiger partial charge in [0.15, 0.2) is 11.6 Å². The molecule has 0 atom stereocenters. The van der Waals surface area contributed by atoms with Gasteiger partial charge in [0, 0.05) is 30.8 Å². The van der Waals surface area contributed by atoms with Crippen molar-refractivity contribution >= 4 is 22.6 Å². The van der Waals surface area contributed by atoms with Crippen molar-refractivity contribution in [1.29, 1.82) is 0 Å². The second-order valence-electron chi connectivity index (χ2n) is 7.87. The average molecular weight is 454 g/mol. The Balaban J connectivity index is 1.42. The van der Waals surface area contributed by atoms with Crippen LogP contribution in [0.25, 0.3) is 11.0 Å². The molecule has 1 saturated carbocycles. The lowest BCUT2D eigenvalue weighted by molar-refractivity contribution is -0.196. The van der Waals surface area contributed by atoms with Gasteiger partial charge in [0.05, 0.1) is 22.6 Å². The summed E-state index contributed by atoms with van der Waals surface area (Å²) >= 11 is 0. The largest absolute Gasteiger partial charge is 0.391 e. The molecule has 170 valence electrons. The first-order chi connectivity index (χ1) is 15.0. The summed E-state index contributed by atoms with van der Waals surface area (Å²) in [5.41, 5.74) is 0.504. The van der Waals surface area contributed by atoms with E-state index in [2.05, 4.69) is 15.3 Å². The fourth-order valence-corrected chi connectivity index (χ4v) is 3.81. The topological polar surface area (TPSA) is 81.0 Å². The molecule has 0 radical (unpaired) electrons. The number of alkyl halides is 3. The highest BCUT2D eigenvalue weighted by molar-refractivity contribution is 5.97. The quantitative estimate of drug-likeness (QED) is 0.513. The van der Waals surface area contributed by atoms with E-state index in [-0.39, 0.29) is 36.2 Å². The lowest BCUT2D eigenvalue weighted by Crippen LogP contribution is -2.48. The van der Waals surface area contributed by atoms with Crippen LogP contribution in [0.2, 0.25) is 0 Å². The van der Waals surface area contributed by atoms with Gasteiger partial charge in [-0.1, -0.05) is 6.07 Å². The standard InChI is InChI=1S/C21H19F5N4O2/c1-30(13-7-12(8-13)21(24,25)26)16-5-3-11(17(22)18(16)23)9-27-19(31)10-2-4-14-15(6-10)29-20(32)28-14/h2-6,12-13H,7-9H2,1H3,(H,27,31)(H2,28,29,32)/t12-,13+. The Hall–Kier alpha value is -3.37. The van der Waals surface area contributed by atoms with Crippen LogP contribution in [0, 0.1) is 17.6 Å². The molecule has 3 aromatic rings. The van der Waals surface area contributed by atoms with Crippen LogP contribution >= 0.6 is 0 Å². The third kappa shape index (κ3) is 4.06. The number of halogens is 5. The fourth-order valence-electron chi connectivity index (χ4n) is 3.81. The second-order valence-corrected chi connectivity index (χ2v) is 7.87. The predicted molar refractivity (Wildman–Crippen MR) is 107 cm³/mol. The molecule has 0 saturated heterocycles. The maximum Gasteiger partial charge on any atom is 0.391 e. The first kappa shape index (κ1) is 21.8. The fraction of sp³-hybridized carbons (Fsp3) is 0.333. The number of aromatic nitrogens is 2. The molecule has 3 N–H and O–H groups in total. The molecule has 0 spiro atoms. The van der Waals surface area contributed by atoms with Crippen LogP contribution < -0.4 is 15.9 Å². The molecule has 0 unspecified atom stereocenters. The number of hydrogen-bond acceptors (Lipinski definition) is 3. The maximum atomic E-state index is 14.6. The van der Waals surface area contributed by atoms with Crippen LogP contribution in [0.5, 0.6) is 0 Å². The molecular weight excluding hydrogens is 435 g/mol. The van der Waals surface area contributed by atoms with Gasteiger partial charge >= 0.3 is 11.9 Å². The van der Waals surface area contributed by atoms with Crippen molar-refractivity contribution in [3.63, 3.8) is 0 Å². The van der Waals surface area contributed by atoms with Gasteiger partial charge in [-0.25, -0.2) is 13.6 Å². The van der Waals surface area contributed by atoms with E-state index in [1.54, 1.807) is 0 Å². The highest BCUT2D eigenvalue weighted by atomic mass is 19.4. The molecule has 0 bridgehead atoms. The highest BCUT2D eigenvalue weighted by Gasteiger charge is 2.49. The predicted octanol–water partition coefficient (Wildman–Crippen LogP) is 3.84. The summed E-state index contributed by atoms with van der Waals surface area (Å²) in [6, 6.07) is 6.51. The minimum absolute atomic E-state index is 0.106. The molecule has 4 rings (SSSR count). The first-order valence-electron chi connectivity index (χ1n) is 9.81. The van der Waals surface area contributed by atoms with Gasteiger partial charge in [0.25, 0.3) is 5.91 Å². The number of H-pyrrole nitrogens is 2. The zero-order valence-corrected chi connectivity index (χ0v) is 16.8. The van der Waals surface area contributed by atoms with E-state index in [4.69, 9.17) is 0 Å². The Bertz CT molecular complexity index is 1230. The number of benzene rings is 2. The number of aromatic amines is 2. The van der Waals surface area contributed by atoms with Crippen LogP contribution in [0.3, 0.4) is 0 Å². The lowest BCUT2D eigenvalue weighted by atomic mass is 9.79. The van der Waals surface area contributed by atoms with E-state index < -0.39 is 41.4 Å². The maximum absolute atomic E-state index is 14.6. The third-order valence-corrected chi connectivity index (χ3v) is 5.86. The van der Waals surface area contributed by atoms with Gasteiger partial charge in [0.1, 0.15) is 0 Å². The lowest BCUT2D eigenvalue weighted by Gasteiger charge is -2.43. The number of nitrogens with zero attached hydrogens (tertiary/aromatic N) is 1. The molecular formula is C21H19F5N4O2. The van der Waals surface area contributed by atoms with E-state index in [1.807, 2.05) is 0 Å². The normalized spacial score (nSPS) is 18.4. The van der Waals surface area contributed by atoms with E-state index in [0.717, 1.165) is 0 Å². The van der Waals surface area contributed by atoms with E-state index >= 15 is 0 Å². The summed E-state index contributed by atoms with van der Waals surface area (Å²) in [4.78, 5) is 30.0. The number of nitrogens with one attached hydrogen (secondary N) is 3. The number of carbonyl (C=O) groups is 1. The Morgan fingerprint density at radius 3 is 2.47 bits per heavy atom. The summed E-state index contributed by atoms with van der Waals surface area (Å²) < 4.78 is 67.2. The van der Waals surface area contributed by atoms with Gasteiger partial charge in [-0.2, -0.15) is 13.2 Å². The zero-order chi connectivity index (χ0) is 23.2. The number of fused-ring (bicyclic) bond motifs is 1. The average Bonchev–Trinajstić information content (AvgIpc) is 3.05. The molecule has 1 aromatic heterocycles. The van der Waals surface area contributed by atoms with Crippen LogP contribution in [-0.4, -0.2) is 35.1 Å². The van der Waals surface area contributed by atoms with Crippen LogP contribution in [0.15, 0.2) is 35.1 Å². The van der Waals surface area contributed by atoms with Gasteiger partial charge in [0.2, 0.25) is 0 Å². The van der Waals surface area contributed by atoms with Crippen LogP contribution in [-0.2, 0) is 6.54 Å². The van der Waals surface area contributed by atoms with E-state index in [1.165, 1.54) is 42.3 Å². The molecule has 11 heteroatoms. The summed E-state index contributed by atoms with van der Waals surface area (Å²) in [7, 11) is 1.43. The summed E-state index contributed by atoms with van der Waals surface area (Å²) in [6.45, 7) is -0.299. The van der Waals surface area contributed by atoms with Crippen molar-refractivity contribution in [3.05, 3.63) is 63.6 Å². The molecule has 0 aliphatic heterocycles. The molecule has 1 heterocycles. The summed E-state index contributed by atoms with van der Waals surface area (Å²) in [6.07, 6.45) is -4.63. The zero-order valence-electron chi connectivity index (χ0n) is 16.8. The van der Waals surface area contributed by atoms with Gasteiger partial charge in [-0.05, 0) is 37.1 Å². The number of amides is 1. The van der Waals surface area contributed by atoms with E-state index in [0.29, 0.717) is 11.0 Å². The minimum atomic E-state index is -4.29. The summed E-state index contributed by atoms with van der Waals surface area (Å²) in [5.74, 6) is -4.34. The molecule has 32 heavy (non-hydrogen) atoms. The molecule has 6 nitrogen and oxygen atoms in total. The van der Waals surface area contributed by atoms with Crippen molar-refractivity contribution < 1.29 is 26.7 Å². The molecule has 1 aliphatic carbocycles. The number of carbonyl (C=O) groups excluding carboxylic acids is 1. The van der Waals surface area contributed by atoms with Crippen molar-refractivity contribution in [3.8, 4) is 0 Å². The van der Waals surface area contributed by atoms with Crippen molar-refractivity contribution in [2.24, 2.45) is 5.92 Å². The van der Waals surface area contributed by atoms with Gasteiger partial charge in [-0.15, -0.1) is 0 Å². The first-order valence-corrected chi connectivity index (χ1v) is 9.81. The summed E-state index contributed by atoms with van der Waals surface area (Å²) in [5, 5.41) is 2.48. The molecule has 1 fully saturated rings. The SMILES string of the molecule is CN(c1ccc(CNC(=O)c2ccc3[nH]c(=O)[nH]c3c2)c(F)c1F)[C@H]1C[C@@H](C(F)(F)F)C1. The number of imidazole rings is 1. The van der Waals surface area contributed by atoms with Gasteiger partial charge < -0.3 is 20.2 Å². The Morgan fingerprint density at radius 2 is 1.78 bits per heavy atom. The van der Waals surface area contributed by atoms with Crippen LogP contribution in [0.4, 0.5) is 27.6 Å². The Kier molecular flexibility index (Phi) is 5.43.